The molecule has 0 spiro atoms. The van der Waals surface area contributed by atoms with Crippen molar-refractivity contribution in [3.05, 3.63) is 33.1 Å². The van der Waals surface area contributed by atoms with E-state index < -0.39 is 35.9 Å². The van der Waals surface area contributed by atoms with Gasteiger partial charge in [-0.2, -0.15) is 0 Å². The lowest BCUT2D eigenvalue weighted by Gasteiger charge is -2.15. The first-order valence-corrected chi connectivity index (χ1v) is 5.33. The summed E-state index contributed by atoms with van der Waals surface area (Å²) in [6.07, 6.45) is -3.19. The molecule has 2 rings (SSSR count). The molecule has 1 aromatic rings. The Hall–Kier alpha value is -1.47. The monoisotopic (exact) mass is 244 g/mol. The van der Waals surface area contributed by atoms with Gasteiger partial charge in [-0.05, 0) is 6.42 Å². The van der Waals surface area contributed by atoms with Gasteiger partial charge in [-0.15, -0.1) is 0 Å². The smallest absolute Gasteiger partial charge is 0.330 e. The van der Waals surface area contributed by atoms with Crippen molar-refractivity contribution in [2.75, 3.05) is 0 Å². The standard InChI is InChI=1S/C10H13FN2O4/c1-2-5-8(15)7(11)9(17-5)13-4-3-6(14)12-10(13)16/h3-5,7-9,15H,2H2,1H3,(H,12,14,16)/t5-,7-,8-,9+/m1/s1. The fourth-order valence-corrected chi connectivity index (χ4v) is 1.89. The number of hydrogen-bond donors (Lipinski definition) is 2. The van der Waals surface area contributed by atoms with E-state index in [0.717, 1.165) is 16.8 Å². The maximum atomic E-state index is 13.8. The number of halogens is 1. The minimum atomic E-state index is -1.69. The third kappa shape index (κ3) is 2.03. The molecule has 0 bridgehead atoms. The Bertz CT molecular complexity index is 512. The summed E-state index contributed by atoms with van der Waals surface area (Å²) in [5.41, 5.74) is -1.32. The van der Waals surface area contributed by atoms with Crippen molar-refractivity contribution in [1.82, 2.24) is 9.55 Å². The minimum absolute atomic E-state index is 0.441. The fourth-order valence-electron chi connectivity index (χ4n) is 1.89. The van der Waals surface area contributed by atoms with Crippen molar-refractivity contribution in [2.45, 2.75) is 38.0 Å². The molecule has 94 valence electrons. The highest BCUT2D eigenvalue weighted by Gasteiger charge is 2.44. The van der Waals surface area contributed by atoms with Gasteiger partial charge in [-0.1, -0.05) is 6.92 Å². The molecule has 6 nitrogen and oxygen atoms in total. The highest BCUT2D eigenvalue weighted by atomic mass is 19.1. The van der Waals surface area contributed by atoms with Gasteiger partial charge < -0.3 is 9.84 Å². The molecule has 0 saturated carbocycles. The van der Waals surface area contributed by atoms with Gasteiger partial charge in [0.25, 0.3) is 5.56 Å². The van der Waals surface area contributed by atoms with E-state index in [4.69, 9.17) is 4.74 Å². The summed E-state index contributed by atoms with van der Waals surface area (Å²) in [6.45, 7) is 1.75. The predicted molar refractivity (Wildman–Crippen MR) is 56.4 cm³/mol. The lowest BCUT2D eigenvalue weighted by Crippen LogP contribution is -2.35. The Morgan fingerprint density at radius 3 is 2.82 bits per heavy atom. The van der Waals surface area contributed by atoms with Crippen LogP contribution in [-0.2, 0) is 4.74 Å². The highest BCUT2D eigenvalue weighted by Crippen LogP contribution is 2.31. The summed E-state index contributed by atoms with van der Waals surface area (Å²) < 4.78 is 20.0. The quantitative estimate of drug-likeness (QED) is 0.737. The van der Waals surface area contributed by atoms with Crippen molar-refractivity contribution in [2.24, 2.45) is 0 Å². The minimum Gasteiger partial charge on any atom is -0.387 e. The van der Waals surface area contributed by atoms with Crippen LogP contribution < -0.4 is 11.2 Å². The molecule has 0 amide bonds. The number of aliphatic hydroxyl groups is 1. The average Bonchev–Trinajstić information content (AvgIpc) is 2.57. The van der Waals surface area contributed by atoms with E-state index in [2.05, 4.69) is 0 Å². The van der Waals surface area contributed by atoms with E-state index in [1.807, 2.05) is 4.98 Å². The predicted octanol–water partition coefficient (Wildman–Crippen LogP) is -0.457. The normalized spacial score (nSPS) is 32.9. The van der Waals surface area contributed by atoms with Crippen LogP contribution in [0.4, 0.5) is 4.39 Å². The SMILES string of the molecule is CC[C@H]1O[C@H](n2ccc(=O)[nH]c2=O)[C@H](F)[C@@H]1O. The molecule has 17 heavy (non-hydrogen) atoms. The number of nitrogens with one attached hydrogen (secondary N) is 1. The first-order valence-electron chi connectivity index (χ1n) is 5.33. The molecule has 1 fully saturated rings. The Morgan fingerprint density at radius 1 is 1.59 bits per heavy atom. The van der Waals surface area contributed by atoms with Crippen LogP contribution in [0.15, 0.2) is 21.9 Å². The number of hydrogen-bond acceptors (Lipinski definition) is 4. The molecule has 0 unspecified atom stereocenters. The van der Waals surface area contributed by atoms with Gasteiger partial charge in [-0.25, -0.2) is 9.18 Å². The number of aromatic nitrogens is 2. The van der Waals surface area contributed by atoms with Gasteiger partial charge in [0.15, 0.2) is 12.4 Å². The summed E-state index contributed by atoms with van der Waals surface area (Å²) in [5.74, 6) is 0. The number of H-pyrrole nitrogens is 1. The Morgan fingerprint density at radius 2 is 2.29 bits per heavy atom. The second-order valence-corrected chi connectivity index (χ2v) is 3.93. The molecule has 0 radical (unpaired) electrons. The van der Waals surface area contributed by atoms with E-state index in [1.54, 1.807) is 6.92 Å². The zero-order valence-corrected chi connectivity index (χ0v) is 9.17. The molecule has 1 aliphatic rings. The van der Waals surface area contributed by atoms with E-state index in [0.29, 0.717) is 6.42 Å². The number of nitrogens with zero attached hydrogens (tertiary/aromatic N) is 1. The number of ether oxygens (including phenoxy) is 1. The van der Waals surface area contributed by atoms with Crippen molar-refractivity contribution in [1.29, 1.82) is 0 Å². The molecule has 4 atom stereocenters. The van der Waals surface area contributed by atoms with Crippen molar-refractivity contribution in [3.8, 4) is 0 Å². The van der Waals surface area contributed by atoms with Crippen LogP contribution in [0.25, 0.3) is 0 Å². The summed E-state index contributed by atoms with van der Waals surface area (Å²) in [7, 11) is 0. The molecule has 1 aromatic heterocycles. The van der Waals surface area contributed by atoms with Gasteiger partial charge >= 0.3 is 5.69 Å². The Balaban J connectivity index is 2.35. The number of rotatable bonds is 2. The third-order valence-electron chi connectivity index (χ3n) is 2.82. The maximum absolute atomic E-state index is 13.8. The first kappa shape index (κ1) is 12.0. The van der Waals surface area contributed by atoms with E-state index in [1.165, 1.54) is 0 Å². The van der Waals surface area contributed by atoms with Crippen molar-refractivity contribution >= 4 is 0 Å². The lowest BCUT2D eigenvalue weighted by molar-refractivity contribution is -0.0280. The number of aromatic amines is 1. The van der Waals surface area contributed by atoms with Crippen molar-refractivity contribution in [3.63, 3.8) is 0 Å². The average molecular weight is 244 g/mol. The molecule has 1 saturated heterocycles. The molecular formula is C10H13FN2O4. The summed E-state index contributed by atoms with van der Waals surface area (Å²) in [5, 5.41) is 9.55. The van der Waals surface area contributed by atoms with Crippen LogP contribution in [0.5, 0.6) is 0 Å². The second kappa shape index (κ2) is 4.42. The van der Waals surface area contributed by atoms with E-state index in [9.17, 15) is 19.1 Å². The van der Waals surface area contributed by atoms with Crippen molar-refractivity contribution < 1.29 is 14.2 Å². The van der Waals surface area contributed by atoms with Gasteiger partial charge in [0.05, 0.1) is 6.10 Å². The first-order chi connectivity index (χ1) is 8.04. The lowest BCUT2D eigenvalue weighted by atomic mass is 10.1. The van der Waals surface area contributed by atoms with Gasteiger partial charge in [0, 0.05) is 12.3 Å². The molecule has 0 aliphatic carbocycles. The fraction of sp³-hybridized carbons (Fsp3) is 0.600. The zero-order valence-electron chi connectivity index (χ0n) is 9.17. The molecule has 0 aromatic carbocycles. The number of aliphatic hydroxyl groups excluding tert-OH is 1. The summed E-state index contributed by atoms with van der Waals surface area (Å²) in [4.78, 5) is 24.3. The second-order valence-electron chi connectivity index (χ2n) is 3.93. The molecule has 7 heteroatoms. The van der Waals surface area contributed by atoms with Gasteiger partial charge in [0.1, 0.15) is 6.10 Å². The van der Waals surface area contributed by atoms with E-state index in [-0.39, 0.29) is 0 Å². The highest BCUT2D eigenvalue weighted by molar-refractivity contribution is 4.92. The summed E-state index contributed by atoms with van der Waals surface area (Å²) in [6, 6.07) is 1.10. The van der Waals surface area contributed by atoms with E-state index >= 15 is 0 Å². The largest absolute Gasteiger partial charge is 0.387 e. The van der Waals surface area contributed by atoms with Crippen LogP contribution in [0.2, 0.25) is 0 Å². The van der Waals surface area contributed by atoms with Gasteiger partial charge in [-0.3, -0.25) is 14.3 Å². The molecular weight excluding hydrogens is 231 g/mol. The topological polar surface area (TPSA) is 84.3 Å². The molecule has 1 aliphatic heterocycles. The van der Waals surface area contributed by atoms with Gasteiger partial charge in [0.2, 0.25) is 0 Å². The third-order valence-corrected chi connectivity index (χ3v) is 2.82. The molecule has 2 heterocycles. The van der Waals surface area contributed by atoms with Crippen LogP contribution in [0.3, 0.4) is 0 Å². The van der Waals surface area contributed by atoms with Crippen LogP contribution >= 0.6 is 0 Å². The van der Waals surface area contributed by atoms with Crippen LogP contribution in [0, 0.1) is 0 Å². The maximum Gasteiger partial charge on any atom is 0.330 e. The van der Waals surface area contributed by atoms with Crippen LogP contribution in [-0.4, -0.2) is 33.0 Å². The van der Waals surface area contributed by atoms with Crippen LogP contribution in [0.1, 0.15) is 19.6 Å². The summed E-state index contributed by atoms with van der Waals surface area (Å²) >= 11 is 0. The number of alkyl halides is 1. The Labute approximate surface area is 95.7 Å². The Kier molecular flexibility index (Phi) is 3.12. The molecule has 2 N–H and O–H groups in total. The zero-order chi connectivity index (χ0) is 12.6.